The lowest BCUT2D eigenvalue weighted by atomic mass is 9.37. The first-order chi connectivity index (χ1) is 16.3. The molecule has 1 N–H and O–H groups in total. The number of allylic oxidation sites excluding steroid dienone is 2. The molecular formula is C31H48O4. The van der Waals surface area contributed by atoms with Crippen molar-refractivity contribution >= 4 is 11.9 Å². The van der Waals surface area contributed by atoms with Gasteiger partial charge in [-0.3, -0.25) is 9.59 Å². The van der Waals surface area contributed by atoms with Crippen molar-refractivity contribution in [3.63, 3.8) is 0 Å². The second-order valence-electron chi connectivity index (χ2n) is 14.4. The van der Waals surface area contributed by atoms with Gasteiger partial charge in [0.15, 0.2) is 0 Å². The van der Waals surface area contributed by atoms with Gasteiger partial charge in [0.2, 0.25) is 0 Å². The molecule has 35 heavy (non-hydrogen) atoms. The number of rotatable bonds is 2. The standard InChI is InChI=1S/C31H48O4/c1-18-12-15-31(27(33)34)17-16-29(6)21-10-11-24-28(4,5)25(35-20(3)32)13-14-30(24,7)22(21)8-9-23(29)26(31)19(18)2/h9,18-19,21-22,24-26H,8,10-17H2,1-7H3,(H,33,34)/t18-,19+,21?,22+,24+,25+,26+,29+,30-,31+/m1/s1. The molecule has 0 amide bonds. The van der Waals surface area contributed by atoms with Crippen LogP contribution in [-0.4, -0.2) is 23.1 Å². The van der Waals surface area contributed by atoms with Gasteiger partial charge < -0.3 is 9.84 Å². The van der Waals surface area contributed by atoms with Gasteiger partial charge >= 0.3 is 11.9 Å². The Bertz CT molecular complexity index is 934. The molecule has 4 fully saturated rings. The van der Waals surface area contributed by atoms with Crippen molar-refractivity contribution < 1.29 is 19.4 Å². The number of carbonyl (C=O) groups excluding carboxylic acids is 1. The number of carboxylic acids is 1. The molecule has 0 aromatic rings. The highest BCUT2D eigenvalue weighted by molar-refractivity contribution is 5.76. The Morgan fingerprint density at radius 1 is 0.943 bits per heavy atom. The van der Waals surface area contributed by atoms with Gasteiger partial charge in [0.25, 0.3) is 0 Å². The van der Waals surface area contributed by atoms with Crippen LogP contribution in [-0.2, 0) is 14.3 Å². The molecule has 0 bridgehead atoms. The van der Waals surface area contributed by atoms with E-state index in [1.165, 1.54) is 18.4 Å². The highest BCUT2D eigenvalue weighted by Gasteiger charge is 2.66. The van der Waals surface area contributed by atoms with E-state index in [1.54, 1.807) is 6.92 Å². The lowest BCUT2D eigenvalue weighted by Gasteiger charge is -2.67. The molecule has 0 heterocycles. The summed E-state index contributed by atoms with van der Waals surface area (Å²) >= 11 is 0. The number of hydrogen-bond acceptors (Lipinski definition) is 3. The number of hydrogen-bond donors (Lipinski definition) is 1. The largest absolute Gasteiger partial charge is 0.481 e. The fourth-order valence-electron chi connectivity index (χ4n) is 10.8. The maximum absolute atomic E-state index is 12.8. The van der Waals surface area contributed by atoms with Crippen LogP contribution in [0, 0.1) is 57.2 Å². The molecule has 10 atom stereocenters. The lowest BCUT2D eigenvalue weighted by Crippen LogP contribution is -2.62. The molecule has 0 aromatic heterocycles. The van der Waals surface area contributed by atoms with Crippen LogP contribution >= 0.6 is 0 Å². The second-order valence-corrected chi connectivity index (χ2v) is 14.4. The quantitative estimate of drug-likeness (QED) is 0.331. The fourth-order valence-corrected chi connectivity index (χ4v) is 10.8. The molecule has 0 aromatic carbocycles. The van der Waals surface area contributed by atoms with Gasteiger partial charge in [0, 0.05) is 12.3 Å². The summed E-state index contributed by atoms with van der Waals surface area (Å²) in [5, 5.41) is 10.5. The predicted molar refractivity (Wildman–Crippen MR) is 138 cm³/mol. The number of esters is 1. The van der Waals surface area contributed by atoms with Crippen molar-refractivity contribution in [2.75, 3.05) is 0 Å². The van der Waals surface area contributed by atoms with Crippen molar-refractivity contribution in [2.24, 2.45) is 57.2 Å². The molecule has 0 saturated heterocycles. The van der Waals surface area contributed by atoms with Gasteiger partial charge in [-0.15, -0.1) is 0 Å². The molecule has 0 aliphatic heterocycles. The van der Waals surface area contributed by atoms with Crippen molar-refractivity contribution in [1.82, 2.24) is 0 Å². The molecule has 0 spiro atoms. The van der Waals surface area contributed by atoms with Crippen molar-refractivity contribution in [3.8, 4) is 0 Å². The number of fused-ring (bicyclic) bond motifs is 7. The van der Waals surface area contributed by atoms with Crippen LogP contribution in [0.2, 0.25) is 0 Å². The summed E-state index contributed by atoms with van der Waals surface area (Å²) in [6.45, 7) is 15.9. The Labute approximate surface area is 212 Å². The molecule has 1 unspecified atom stereocenters. The zero-order valence-corrected chi connectivity index (χ0v) is 23.2. The minimum absolute atomic E-state index is 0.00958. The third-order valence-corrected chi connectivity index (χ3v) is 12.9. The molecular weight excluding hydrogens is 436 g/mol. The normalized spacial score (nSPS) is 50.5. The number of aliphatic carboxylic acids is 1. The average Bonchev–Trinajstić information content (AvgIpc) is 2.77. The zero-order valence-electron chi connectivity index (χ0n) is 23.2. The summed E-state index contributed by atoms with van der Waals surface area (Å²) in [6.07, 6.45) is 11.9. The molecule has 0 radical (unpaired) electrons. The molecule has 4 saturated carbocycles. The summed E-state index contributed by atoms with van der Waals surface area (Å²) in [5.41, 5.74) is 1.28. The second kappa shape index (κ2) is 8.09. The van der Waals surface area contributed by atoms with Crippen molar-refractivity contribution in [3.05, 3.63) is 11.6 Å². The van der Waals surface area contributed by atoms with E-state index in [4.69, 9.17) is 4.74 Å². The van der Waals surface area contributed by atoms with Crippen molar-refractivity contribution in [2.45, 2.75) is 112 Å². The van der Waals surface area contributed by atoms with E-state index >= 15 is 0 Å². The Morgan fingerprint density at radius 3 is 2.31 bits per heavy atom. The zero-order chi connectivity index (χ0) is 25.6. The first kappa shape index (κ1) is 25.3. The maximum Gasteiger partial charge on any atom is 0.310 e. The van der Waals surface area contributed by atoms with Gasteiger partial charge in [0.1, 0.15) is 6.10 Å². The SMILES string of the molecule is CC(=O)O[C@H]1CC[C@]2(C)[C@H]3CC=C4[C@@H]5[C@@H](C)[C@H](C)CC[C@]5(C(=O)O)CC[C@@]4(C)C3CC[C@H]2C1(C)C. The third-order valence-electron chi connectivity index (χ3n) is 12.9. The Morgan fingerprint density at radius 2 is 1.66 bits per heavy atom. The van der Waals surface area contributed by atoms with Crippen LogP contribution in [0.4, 0.5) is 0 Å². The first-order valence-electron chi connectivity index (χ1n) is 14.4. The van der Waals surface area contributed by atoms with E-state index < -0.39 is 11.4 Å². The minimum atomic E-state index is -0.560. The Kier molecular flexibility index (Phi) is 5.85. The lowest BCUT2D eigenvalue weighted by molar-refractivity contribution is -0.192. The van der Waals surface area contributed by atoms with Gasteiger partial charge in [-0.05, 0) is 104 Å². The van der Waals surface area contributed by atoms with E-state index in [-0.39, 0.29) is 34.2 Å². The highest BCUT2D eigenvalue weighted by Crippen LogP contribution is 2.71. The Hall–Kier alpha value is -1.32. The van der Waals surface area contributed by atoms with Gasteiger partial charge in [-0.25, -0.2) is 0 Å². The molecule has 5 aliphatic carbocycles. The van der Waals surface area contributed by atoms with Gasteiger partial charge in [-0.1, -0.05) is 53.2 Å². The van der Waals surface area contributed by atoms with Crippen LogP contribution in [0.3, 0.4) is 0 Å². The maximum atomic E-state index is 12.8. The van der Waals surface area contributed by atoms with Crippen LogP contribution in [0.15, 0.2) is 11.6 Å². The van der Waals surface area contributed by atoms with E-state index in [0.29, 0.717) is 29.6 Å². The van der Waals surface area contributed by atoms with Gasteiger partial charge in [-0.2, -0.15) is 0 Å². The topological polar surface area (TPSA) is 63.6 Å². The van der Waals surface area contributed by atoms with E-state index in [0.717, 1.165) is 44.9 Å². The van der Waals surface area contributed by atoms with Crippen molar-refractivity contribution in [1.29, 1.82) is 0 Å². The van der Waals surface area contributed by atoms with E-state index in [1.807, 2.05) is 0 Å². The summed E-state index contributed by atoms with van der Waals surface area (Å²) in [6, 6.07) is 0. The smallest absolute Gasteiger partial charge is 0.310 e. The van der Waals surface area contributed by atoms with E-state index in [2.05, 4.69) is 47.6 Å². The summed E-state index contributed by atoms with van der Waals surface area (Å²) in [7, 11) is 0. The first-order valence-corrected chi connectivity index (χ1v) is 14.4. The van der Waals surface area contributed by atoms with Crippen LogP contribution in [0.25, 0.3) is 0 Å². The van der Waals surface area contributed by atoms with Crippen LogP contribution < -0.4 is 0 Å². The fraction of sp³-hybridized carbons (Fsp3) is 0.871. The molecule has 196 valence electrons. The average molecular weight is 485 g/mol. The molecule has 4 nitrogen and oxygen atoms in total. The molecule has 5 rings (SSSR count). The number of carbonyl (C=O) groups is 2. The highest BCUT2D eigenvalue weighted by atomic mass is 16.5. The molecule has 4 heteroatoms. The Balaban J connectivity index is 1.52. The molecule has 5 aliphatic rings. The monoisotopic (exact) mass is 484 g/mol. The minimum Gasteiger partial charge on any atom is -0.481 e. The van der Waals surface area contributed by atoms with Gasteiger partial charge in [0.05, 0.1) is 5.41 Å². The summed E-state index contributed by atoms with van der Waals surface area (Å²) < 4.78 is 5.85. The summed E-state index contributed by atoms with van der Waals surface area (Å²) in [4.78, 5) is 24.6. The van der Waals surface area contributed by atoms with Crippen LogP contribution in [0.5, 0.6) is 0 Å². The predicted octanol–water partition coefficient (Wildman–Crippen LogP) is 7.27. The summed E-state index contributed by atoms with van der Waals surface area (Å²) in [5.74, 6) is 2.28. The number of ether oxygens (including phenoxy) is 1. The number of carboxylic acid groups (broad SMARTS) is 1. The van der Waals surface area contributed by atoms with E-state index in [9.17, 15) is 14.7 Å². The van der Waals surface area contributed by atoms with Crippen LogP contribution in [0.1, 0.15) is 106 Å². The third kappa shape index (κ3) is 3.36.